The first-order chi connectivity index (χ1) is 12.9. The van der Waals surface area contributed by atoms with Gasteiger partial charge in [0.15, 0.2) is 14.7 Å². The molecule has 0 unspecified atom stereocenters. The van der Waals surface area contributed by atoms with E-state index in [0.29, 0.717) is 0 Å². The van der Waals surface area contributed by atoms with Gasteiger partial charge in [-0.3, -0.25) is 0 Å². The summed E-state index contributed by atoms with van der Waals surface area (Å²) < 4.78 is 0. The summed E-state index contributed by atoms with van der Waals surface area (Å²) in [7, 11) is -0.0786. The van der Waals surface area contributed by atoms with E-state index >= 15 is 0 Å². The van der Waals surface area contributed by atoms with Crippen LogP contribution in [-0.2, 0) is 10.9 Å². The molecule has 0 aliphatic rings. The molecule has 0 aliphatic heterocycles. The van der Waals surface area contributed by atoms with E-state index < -0.39 is 0 Å². The summed E-state index contributed by atoms with van der Waals surface area (Å²) in [6.07, 6.45) is 0. The number of hydrogen-bond acceptors (Lipinski definition) is 1. The quantitative estimate of drug-likeness (QED) is 0.297. The average molecular weight is 498 g/mol. The maximum absolute atomic E-state index is 2.27. The van der Waals surface area contributed by atoms with Crippen molar-refractivity contribution in [3.63, 3.8) is 0 Å². The Bertz CT molecular complexity index is 900. The van der Waals surface area contributed by atoms with Crippen molar-refractivity contribution in [1.82, 2.24) is 0 Å². The lowest BCUT2D eigenvalue weighted by atomic mass is 10.3. The Kier molecular flexibility index (Phi) is 7.44. The third-order valence-corrected chi connectivity index (χ3v) is 7.24. The minimum atomic E-state index is -0.0786. The molecule has 0 saturated carbocycles. The van der Waals surface area contributed by atoms with Crippen molar-refractivity contribution in [3.05, 3.63) is 115 Å². The van der Waals surface area contributed by atoms with E-state index in [-0.39, 0.29) is 34.9 Å². The van der Waals surface area contributed by atoms with Gasteiger partial charge in [0, 0.05) is 9.79 Å². The summed E-state index contributed by atoms with van der Waals surface area (Å²) in [6.45, 7) is 0. The lowest BCUT2D eigenvalue weighted by Crippen LogP contribution is -3.00. The molecule has 27 heavy (non-hydrogen) atoms. The van der Waals surface area contributed by atoms with E-state index in [1.807, 2.05) is 0 Å². The second-order valence-electron chi connectivity index (χ2n) is 5.82. The van der Waals surface area contributed by atoms with Gasteiger partial charge in [-0.2, -0.15) is 0 Å². The number of hydrogen-bond donors (Lipinski definition) is 0. The topological polar surface area (TPSA) is 0 Å². The van der Waals surface area contributed by atoms with E-state index in [1.165, 1.54) is 24.5 Å². The van der Waals surface area contributed by atoms with Crippen LogP contribution in [0.25, 0.3) is 0 Å². The molecule has 0 aromatic heterocycles. The summed E-state index contributed by atoms with van der Waals surface area (Å²) in [6, 6.07) is 41.1. The molecular formula is C24H19IS2. The zero-order valence-electron chi connectivity index (χ0n) is 14.7. The summed E-state index contributed by atoms with van der Waals surface area (Å²) in [5.41, 5.74) is 0. The standard InChI is InChI=1S/C24H19S2.HI/c1-4-10-20(11-5-1)25-21-16-18-24(19-17-21)26(22-12-6-2-7-13-22)23-14-8-3-9-15-23;/h1-19H;1H/q+1;/p-1. The highest BCUT2D eigenvalue weighted by Gasteiger charge is 2.27. The van der Waals surface area contributed by atoms with Crippen LogP contribution in [0.3, 0.4) is 0 Å². The van der Waals surface area contributed by atoms with Crippen molar-refractivity contribution in [3.8, 4) is 0 Å². The van der Waals surface area contributed by atoms with Gasteiger partial charge in [0.1, 0.15) is 0 Å². The molecule has 0 fully saturated rings. The Balaban J connectivity index is 0.00000210. The molecule has 4 aromatic carbocycles. The molecule has 0 nitrogen and oxygen atoms in total. The van der Waals surface area contributed by atoms with E-state index in [2.05, 4.69) is 115 Å². The Hall–Kier alpha value is -1.69. The van der Waals surface area contributed by atoms with Crippen LogP contribution >= 0.6 is 11.8 Å². The first-order valence-electron chi connectivity index (χ1n) is 8.57. The predicted octanol–water partition coefficient (Wildman–Crippen LogP) is 3.94. The predicted molar refractivity (Wildman–Crippen MR) is 112 cm³/mol. The van der Waals surface area contributed by atoms with E-state index in [1.54, 1.807) is 11.8 Å². The molecular weight excluding hydrogens is 479 g/mol. The fourth-order valence-corrected chi connectivity index (χ4v) is 5.71. The Morgan fingerprint density at radius 3 is 1.26 bits per heavy atom. The first kappa shape index (κ1) is 20.1. The summed E-state index contributed by atoms with van der Waals surface area (Å²) >= 11 is 1.80. The van der Waals surface area contributed by atoms with E-state index in [9.17, 15) is 0 Å². The lowest BCUT2D eigenvalue weighted by Gasteiger charge is -2.08. The average Bonchev–Trinajstić information content (AvgIpc) is 2.72. The van der Waals surface area contributed by atoms with Gasteiger partial charge in [-0.25, -0.2) is 0 Å². The number of rotatable bonds is 5. The number of halogens is 1. The van der Waals surface area contributed by atoms with Gasteiger partial charge in [0.05, 0.1) is 10.9 Å². The summed E-state index contributed by atoms with van der Waals surface area (Å²) in [5, 5.41) is 0. The molecule has 0 atom stereocenters. The van der Waals surface area contributed by atoms with E-state index in [4.69, 9.17) is 0 Å². The molecule has 0 amide bonds. The van der Waals surface area contributed by atoms with Crippen molar-refractivity contribution in [2.75, 3.05) is 0 Å². The van der Waals surface area contributed by atoms with Gasteiger partial charge in [-0.15, -0.1) is 0 Å². The highest BCUT2D eigenvalue weighted by Crippen LogP contribution is 2.33. The second-order valence-corrected chi connectivity index (χ2v) is 8.99. The van der Waals surface area contributed by atoms with Crippen LogP contribution in [0.5, 0.6) is 0 Å². The van der Waals surface area contributed by atoms with Crippen LogP contribution in [0.2, 0.25) is 0 Å². The molecule has 0 saturated heterocycles. The molecule has 0 spiro atoms. The highest BCUT2D eigenvalue weighted by atomic mass is 127. The van der Waals surface area contributed by atoms with Crippen LogP contribution in [0, 0.1) is 0 Å². The monoisotopic (exact) mass is 498 g/mol. The fourth-order valence-electron chi connectivity index (χ4n) is 2.79. The van der Waals surface area contributed by atoms with Gasteiger partial charge in [-0.05, 0) is 60.7 Å². The third kappa shape index (κ3) is 5.18. The van der Waals surface area contributed by atoms with Gasteiger partial charge in [0.25, 0.3) is 0 Å². The van der Waals surface area contributed by atoms with Crippen LogP contribution < -0.4 is 24.0 Å². The SMILES string of the molecule is [I-].c1ccc(Sc2ccc([S+](c3ccccc3)c3ccccc3)cc2)cc1. The second kappa shape index (κ2) is 10.0. The van der Waals surface area contributed by atoms with Crippen molar-refractivity contribution >= 4 is 22.7 Å². The van der Waals surface area contributed by atoms with Crippen molar-refractivity contribution in [2.24, 2.45) is 0 Å². The van der Waals surface area contributed by atoms with Crippen LogP contribution in [0.4, 0.5) is 0 Å². The zero-order valence-corrected chi connectivity index (χ0v) is 18.5. The Morgan fingerprint density at radius 1 is 0.407 bits per heavy atom. The Labute approximate surface area is 185 Å². The maximum Gasteiger partial charge on any atom is 0.166 e. The molecule has 4 aromatic rings. The fraction of sp³-hybridized carbons (Fsp3) is 0. The van der Waals surface area contributed by atoms with Crippen LogP contribution in [0.1, 0.15) is 0 Å². The largest absolute Gasteiger partial charge is 1.00 e. The minimum Gasteiger partial charge on any atom is -1.00 e. The minimum absolute atomic E-state index is 0. The molecule has 0 N–H and O–H groups in total. The van der Waals surface area contributed by atoms with Crippen LogP contribution in [0.15, 0.2) is 140 Å². The zero-order chi connectivity index (χ0) is 17.6. The van der Waals surface area contributed by atoms with Gasteiger partial charge in [0.2, 0.25) is 0 Å². The lowest BCUT2D eigenvalue weighted by molar-refractivity contribution is -0.00000501. The van der Waals surface area contributed by atoms with Crippen LogP contribution in [-0.4, -0.2) is 0 Å². The van der Waals surface area contributed by atoms with Gasteiger partial charge < -0.3 is 24.0 Å². The summed E-state index contributed by atoms with van der Waals surface area (Å²) in [5.74, 6) is 0. The summed E-state index contributed by atoms with van der Waals surface area (Å²) in [4.78, 5) is 6.58. The van der Waals surface area contributed by atoms with E-state index in [0.717, 1.165) is 0 Å². The van der Waals surface area contributed by atoms with Crippen molar-refractivity contribution < 1.29 is 24.0 Å². The molecule has 3 heteroatoms. The third-order valence-electron chi connectivity index (χ3n) is 4.00. The smallest absolute Gasteiger partial charge is 0.166 e. The van der Waals surface area contributed by atoms with Crippen molar-refractivity contribution in [1.29, 1.82) is 0 Å². The highest BCUT2D eigenvalue weighted by molar-refractivity contribution is 7.99. The van der Waals surface area contributed by atoms with Gasteiger partial charge in [-0.1, -0.05) is 66.4 Å². The molecule has 0 heterocycles. The number of benzene rings is 4. The van der Waals surface area contributed by atoms with Crippen molar-refractivity contribution in [2.45, 2.75) is 24.5 Å². The van der Waals surface area contributed by atoms with Gasteiger partial charge >= 0.3 is 0 Å². The normalized spacial score (nSPS) is 10.4. The molecule has 0 aliphatic carbocycles. The molecule has 0 bridgehead atoms. The first-order valence-corrected chi connectivity index (χ1v) is 10.6. The molecule has 134 valence electrons. The maximum atomic E-state index is 2.27. The molecule has 4 rings (SSSR count). The molecule has 0 radical (unpaired) electrons. The Morgan fingerprint density at radius 2 is 0.778 bits per heavy atom.